The second kappa shape index (κ2) is 11.4. The van der Waals surface area contributed by atoms with Gasteiger partial charge in [-0.05, 0) is 12.8 Å². The Kier molecular flexibility index (Phi) is 10.0. The molecule has 0 aromatic carbocycles. The molecule has 0 saturated heterocycles. The van der Waals surface area contributed by atoms with E-state index in [0.717, 1.165) is 0 Å². The highest BCUT2D eigenvalue weighted by Crippen LogP contribution is 2.02. The number of hydrogen-bond donors (Lipinski definition) is 7. The number of hydrogen-bond acceptors (Lipinski definition) is 7. The van der Waals surface area contributed by atoms with Gasteiger partial charge in [0, 0.05) is 12.8 Å². The summed E-state index contributed by atoms with van der Waals surface area (Å²) in [6.07, 6.45) is -2.21. The van der Waals surface area contributed by atoms with Gasteiger partial charge in [-0.15, -0.1) is 0 Å². The highest BCUT2D eigenvalue weighted by atomic mass is 16.4. The molecule has 13 nitrogen and oxygen atoms in total. The molecule has 3 amide bonds. The van der Waals surface area contributed by atoms with E-state index in [-0.39, 0.29) is 12.8 Å². The van der Waals surface area contributed by atoms with Gasteiger partial charge in [0.1, 0.15) is 12.1 Å². The zero-order chi connectivity index (χ0) is 21.1. The van der Waals surface area contributed by atoms with Crippen molar-refractivity contribution in [3.63, 3.8) is 0 Å². The molecular formula is C14H22N4O9. The molecule has 152 valence electrons. The predicted molar refractivity (Wildman–Crippen MR) is 87.0 cm³/mol. The highest BCUT2D eigenvalue weighted by Gasteiger charge is 2.29. The Morgan fingerprint density at radius 2 is 1.33 bits per heavy atom. The number of primary amides is 1. The third-order valence-electron chi connectivity index (χ3n) is 3.31. The average molecular weight is 390 g/mol. The van der Waals surface area contributed by atoms with Gasteiger partial charge in [-0.1, -0.05) is 0 Å². The minimum Gasteiger partial charge on any atom is -0.481 e. The van der Waals surface area contributed by atoms with Gasteiger partial charge in [0.05, 0.1) is 12.5 Å². The molecule has 0 aliphatic heterocycles. The first-order valence-electron chi connectivity index (χ1n) is 7.75. The van der Waals surface area contributed by atoms with Crippen molar-refractivity contribution < 1.29 is 44.1 Å². The molecule has 0 rings (SSSR count). The molecule has 0 spiro atoms. The first kappa shape index (κ1) is 23.8. The fourth-order valence-corrected chi connectivity index (χ4v) is 1.89. The molecule has 0 aromatic heterocycles. The van der Waals surface area contributed by atoms with Crippen LogP contribution >= 0.6 is 0 Å². The van der Waals surface area contributed by atoms with Crippen LogP contribution in [0.5, 0.6) is 0 Å². The van der Waals surface area contributed by atoms with Crippen molar-refractivity contribution >= 4 is 35.6 Å². The molecule has 0 unspecified atom stereocenters. The number of carboxylic acids is 3. The second-order valence-corrected chi connectivity index (χ2v) is 5.60. The van der Waals surface area contributed by atoms with Gasteiger partial charge in [-0.2, -0.15) is 0 Å². The summed E-state index contributed by atoms with van der Waals surface area (Å²) in [4.78, 5) is 67.3. The molecule has 0 aliphatic carbocycles. The predicted octanol–water partition coefficient (Wildman–Crippen LogP) is -3.03. The molecule has 9 N–H and O–H groups in total. The van der Waals surface area contributed by atoms with Crippen molar-refractivity contribution in [1.29, 1.82) is 0 Å². The number of carbonyl (C=O) groups excluding carboxylic acids is 3. The Morgan fingerprint density at radius 1 is 0.778 bits per heavy atom. The lowest BCUT2D eigenvalue weighted by molar-refractivity contribution is -0.144. The van der Waals surface area contributed by atoms with Crippen molar-refractivity contribution in [1.82, 2.24) is 10.6 Å². The maximum atomic E-state index is 12.1. The molecule has 13 heteroatoms. The summed E-state index contributed by atoms with van der Waals surface area (Å²) in [5.41, 5.74) is 10.4. The monoisotopic (exact) mass is 390 g/mol. The summed E-state index contributed by atoms with van der Waals surface area (Å²) in [7, 11) is 0. The van der Waals surface area contributed by atoms with Crippen LogP contribution in [0.15, 0.2) is 0 Å². The number of amides is 3. The van der Waals surface area contributed by atoms with E-state index >= 15 is 0 Å². The summed E-state index contributed by atoms with van der Waals surface area (Å²) in [5.74, 6) is -7.05. The van der Waals surface area contributed by atoms with E-state index in [1.54, 1.807) is 0 Å². The molecule has 0 heterocycles. The largest absolute Gasteiger partial charge is 0.481 e. The fourth-order valence-electron chi connectivity index (χ4n) is 1.89. The Balaban J connectivity index is 5.03. The summed E-state index contributed by atoms with van der Waals surface area (Å²) in [5, 5.41) is 30.5. The summed E-state index contributed by atoms with van der Waals surface area (Å²) < 4.78 is 0. The number of aliphatic carboxylic acids is 3. The Hall–Kier alpha value is -3.22. The van der Waals surface area contributed by atoms with Crippen molar-refractivity contribution in [2.75, 3.05) is 0 Å². The van der Waals surface area contributed by atoms with Crippen LogP contribution in [0.1, 0.15) is 32.1 Å². The molecule has 3 atom stereocenters. The van der Waals surface area contributed by atoms with Crippen LogP contribution < -0.4 is 22.1 Å². The van der Waals surface area contributed by atoms with Crippen molar-refractivity contribution in [2.24, 2.45) is 11.5 Å². The number of carboxylic acid groups (broad SMARTS) is 3. The number of rotatable bonds is 13. The molecular weight excluding hydrogens is 368 g/mol. The van der Waals surface area contributed by atoms with E-state index in [9.17, 15) is 28.8 Å². The van der Waals surface area contributed by atoms with Crippen LogP contribution in [0, 0.1) is 0 Å². The van der Waals surface area contributed by atoms with Gasteiger partial charge < -0.3 is 37.4 Å². The Bertz CT molecular complexity index is 607. The standard InChI is InChI=1S/C14H22N4O9/c15-6(1-3-9(16)19)12(24)18-8(5-11(22)23)13(25)17-7(14(26)27)2-4-10(20)21/h6-8H,1-5,15H2,(H2,16,19)(H,17,25)(H,18,24)(H,20,21)(H,22,23)(H,26,27)/t6-,7-,8-/m0/s1. The smallest absolute Gasteiger partial charge is 0.326 e. The maximum Gasteiger partial charge on any atom is 0.326 e. The fraction of sp³-hybridized carbons (Fsp3) is 0.571. The van der Waals surface area contributed by atoms with E-state index in [1.165, 1.54) is 0 Å². The van der Waals surface area contributed by atoms with E-state index in [0.29, 0.717) is 0 Å². The van der Waals surface area contributed by atoms with Gasteiger partial charge in [0.25, 0.3) is 0 Å². The van der Waals surface area contributed by atoms with Gasteiger partial charge >= 0.3 is 17.9 Å². The summed E-state index contributed by atoms with van der Waals surface area (Å²) in [6, 6.07) is -4.49. The topological polar surface area (TPSA) is 239 Å². The third kappa shape index (κ3) is 10.4. The molecule has 0 aromatic rings. The zero-order valence-electron chi connectivity index (χ0n) is 14.2. The van der Waals surface area contributed by atoms with Crippen LogP contribution in [-0.4, -0.2) is 69.1 Å². The molecule has 0 radical (unpaired) electrons. The molecule has 0 fully saturated rings. The van der Waals surface area contributed by atoms with Crippen molar-refractivity contribution in [2.45, 2.75) is 50.2 Å². The summed E-state index contributed by atoms with van der Waals surface area (Å²) in [6.45, 7) is 0. The van der Waals surface area contributed by atoms with Crippen LogP contribution in [0.4, 0.5) is 0 Å². The van der Waals surface area contributed by atoms with Gasteiger partial charge in [-0.25, -0.2) is 4.79 Å². The first-order chi connectivity index (χ1) is 12.4. The van der Waals surface area contributed by atoms with Crippen LogP contribution in [0.25, 0.3) is 0 Å². The lowest BCUT2D eigenvalue weighted by atomic mass is 10.1. The SMILES string of the molecule is NC(=O)CC[C@H](N)C(=O)N[C@@H](CC(=O)O)C(=O)N[C@@H](CCC(=O)O)C(=O)O. The normalized spacial score (nSPS) is 13.7. The molecule has 0 bridgehead atoms. The minimum absolute atomic E-state index is 0.140. The number of nitrogens with two attached hydrogens (primary N) is 2. The second-order valence-electron chi connectivity index (χ2n) is 5.60. The van der Waals surface area contributed by atoms with E-state index in [1.807, 2.05) is 5.32 Å². The lowest BCUT2D eigenvalue weighted by Crippen LogP contribution is -2.55. The van der Waals surface area contributed by atoms with Crippen molar-refractivity contribution in [3.8, 4) is 0 Å². The molecule has 0 aliphatic rings. The number of carbonyl (C=O) groups is 6. The lowest BCUT2D eigenvalue weighted by Gasteiger charge is -2.21. The van der Waals surface area contributed by atoms with Crippen LogP contribution in [-0.2, 0) is 28.8 Å². The van der Waals surface area contributed by atoms with Gasteiger partial charge in [-0.3, -0.25) is 24.0 Å². The Labute approximate surface area is 153 Å². The van der Waals surface area contributed by atoms with E-state index < -0.39 is 73.0 Å². The molecule has 27 heavy (non-hydrogen) atoms. The van der Waals surface area contributed by atoms with Crippen LogP contribution in [0.3, 0.4) is 0 Å². The van der Waals surface area contributed by atoms with Gasteiger partial charge in [0.15, 0.2) is 0 Å². The summed E-state index contributed by atoms with van der Waals surface area (Å²) >= 11 is 0. The van der Waals surface area contributed by atoms with Crippen molar-refractivity contribution in [3.05, 3.63) is 0 Å². The quantitative estimate of drug-likeness (QED) is 0.168. The highest BCUT2D eigenvalue weighted by molar-refractivity contribution is 5.94. The Morgan fingerprint density at radius 3 is 1.78 bits per heavy atom. The minimum atomic E-state index is -1.65. The average Bonchev–Trinajstić information content (AvgIpc) is 2.54. The maximum absolute atomic E-state index is 12.1. The van der Waals surface area contributed by atoms with E-state index in [4.69, 9.17) is 26.8 Å². The van der Waals surface area contributed by atoms with Gasteiger partial charge in [0.2, 0.25) is 17.7 Å². The van der Waals surface area contributed by atoms with Crippen LogP contribution in [0.2, 0.25) is 0 Å². The zero-order valence-corrected chi connectivity index (χ0v) is 14.2. The first-order valence-corrected chi connectivity index (χ1v) is 7.75. The molecule has 0 saturated carbocycles. The third-order valence-corrected chi connectivity index (χ3v) is 3.31. The number of nitrogens with one attached hydrogen (secondary N) is 2. The van der Waals surface area contributed by atoms with E-state index in [2.05, 4.69) is 5.32 Å².